The average molecular weight is 426 g/mol. The lowest BCUT2D eigenvalue weighted by molar-refractivity contribution is -0.385. The molecule has 0 unspecified atom stereocenters. The summed E-state index contributed by atoms with van der Waals surface area (Å²) in [4.78, 5) is 10.1. The van der Waals surface area contributed by atoms with E-state index in [4.69, 9.17) is 4.74 Å². The highest BCUT2D eigenvalue weighted by atomic mass is 32.2. The molecule has 0 saturated carbocycles. The van der Waals surface area contributed by atoms with E-state index in [-0.39, 0.29) is 42.4 Å². The van der Waals surface area contributed by atoms with E-state index in [1.54, 1.807) is 0 Å². The number of ether oxygens (including phenoxy) is 1. The Labute approximate surface area is 164 Å². The van der Waals surface area contributed by atoms with E-state index in [0.717, 1.165) is 30.5 Å². The van der Waals surface area contributed by atoms with Crippen molar-refractivity contribution in [1.29, 1.82) is 0 Å². The molecule has 2 aromatic carbocycles. The van der Waals surface area contributed by atoms with Crippen LogP contribution >= 0.6 is 0 Å². The highest BCUT2D eigenvalue weighted by Gasteiger charge is 2.30. The summed E-state index contributed by atoms with van der Waals surface area (Å²) in [6, 6.07) is 6.42. The van der Waals surface area contributed by atoms with Crippen molar-refractivity contribution >= 4 is 27.6 Å². The van der Waals surface area contributed by atoms with Crippen LogP contribution < -0.4 is 5.43 Å². The Hall–Kier alpha value is -2.96. The van der Waals surface area contributed by atoms with Crippen molar-refractivity contribution in [2.45, 2.75) is 4.90 Å². The summed E-state index contributed by atoms with van der Waals surface area (Å²) < 4.78 is 58.5. The third kappa shape index (κ3) is 4.72. The molecule has 0 radical (unpaired) electrons. The molecule has 0 amide bonds. The van der Waals surface area contributed by atoms with Gasteiger partial charge in [0.25, 0.3) is 5.69 Å². The summed E-state index contributed by atoms with van der Waals surface area (Å²) in [5.41, 5.74) is 2.34. The summed E-state index contributed by atoms with van der Waals surface area (Å²) in [5.74, 6) is -2.07. The highest BCUT2D eigenvalue weighted by molar-refractivity contribution is 7.89. The van der Waals surface area contributed by atoms with Crippen LogP contribution in [0, 0.1) is 21.7 Å². The lowest BCUT2D eigenvalue weighted by Gasteiger charge is -2.26. The zero-order valence-corrected chi connectivity index (χ0v) is 15.7. The van der Waals surface area contributed by atoms with Gasteiger partial charge in [-0.15, -0.1) is 0 Å². The molecule has 1 heterocycles. The molecule has 0 aliphatic carbocycles. The Balaban J connectivity index is 1.92. The Morgan fingerprint density at radius 2 is 1.86 bits per heavy atom. The summed E-state index contributed by atoms with van der Waals surface area (Å²) in [6.07, 6.45) is 1.16. The maximum atomic E-state index is 13.3. The largest absolute Gasteiger partial charge is 0.379 e. The third-order valence-corrected chi connectivity index (χ3v) is 6.04. The van der Waals surface area contributed by atoms with Gasteiger partial charge in [-0.1, -0.05) is 6.07 Å². The van der Waals surface area contributed by atoms with Crippen LogP contribution in [0.15, 0.2) is 46.4 Å². The number of sulfonamides is 1. The van der Waals surface area contributed by atoms with Crippen LogP contribution in [0.5, 0.6) is 0 Å². The number of non-ortho nitro benzene ring substituents is 1. The Morgan fingerprint density at radius 3 is 2.52 bits per heavy atom. The van der Waals surface area contributed by atoms with Crippen molar-refractivity contribution in [2.75, 3.05) is 31.7 Å². The number of rotatable bonds is 6. The molecule has 12 heteroatoms. The van der Waals surface area contributed by atoms with Gasteiger partial charge in [0.15, 0.2) is 11.6 Å². The second kappa shape index (κ2) is 8.59. The zero-order valence-electron chi connectivity index (χ0n) is 14.9. The lowest BCUT2D eigenvalue weighted by atomic mass is 10.2. The number of hydrazone groups is 1. The number of nitrogens with one attached hydrogen (secondary N) is 1. The summed E-state index contributed by atoms with van der Waals surface area (Å²) in [7, 11) is -4.05. The number of hydrogen-bond donors (Lipinski definition) is 1. The molecule has 1 N–H and O–H groups in total. The number of halogens is 2. The van der Waals surface area contributed by atoms with Gasteiger partial charge in [-0.05, 0) is 23.8 Å². The van der Waals surface area contributed by atoms with E-state index in [9.17, 15) is 27.3 Å². The fourth-order valence-corrected chi connectivity index (χ4v) is 4.19. The first kappa shape index (κ1) is 20.8. The van der Waals surface area contributed by atoms with E-state index < -0.39 is 32.3 Å². The Bertz CT molecular complexity index is 1060. The van der Waals surface area contributed by atoms with Gasteiger partial charge in [-0.3, -0.25) is 15.5 Å². The van der Waals surface area contributed by atoms with E-state index in [1.165, 1.54) is 16.4 Å². The number of anilines is 1. The van der Waals surface area contributed by atoms with Gasteiger partial charge < -0.3 is 4.74 Å². The second-order valence-corrected chi connectivity index (χ2v) is 7.90. The van der Waals surface area contributed by atoms with E-state index in [0.29, 0.717) is 0 Å². The molecule has 0 aromatic heterocycles. The van der Waals surface area contributed by atoms with Gasteiger partial charge >= 0.3 is 0 Å². The SMILES string of the molecule is O=[N+]([O-])c1ccc(N/N=C/c2ccc(F)c(F)c2)c(S(=O)(=O)N2CCOCC2)c1. The number of nitro groups is 1. The highest BCUT2D eigenvalue weighted by Crippen LogP contribution is 2.29. The van der Waals surface area contributed by atoms with Crippen molar-refractivity contribution < 1.29 is 26.9 Å². The standard InChI is InChI=1S/C17H16F2N4O5S/c18-14-3-1-12(9-15(14)19)11-20-21-16-4-2-13(23(24)25)10-17(16)29(26,27)22-5-7-28-8-6-22/h1-4,9-11,21H,5-8H2/b20-11+. The van der Waals surface area contributed by atoms with Crippen molar-refractivity contribution in [3.05, 3.63) is 63.7 Å². The molecule has 0 bridgehead atoms. The van der Waals surface area contributed by atoms with Crippen molar-refractivity contribution in [3.63, 3.8) is 0 Å². The zero-order chi connectivity index (χ0) is 21.0. The first-order chi connectivity index (χ1) is 13.8. The predicted octanol–water partition coefficient (Wildman–Crippen LogP) is 2.34. The number of hydrogen-bond acceptors (Lipinski definition) is 7. The van der Waals surface area contributed by atoms with Gasteiger partial charge in [0.2, 0.25) is 10.0 Å². The van der Waals surface area contributed by atoms with Crippen LogP contribution in [0.3, 0.4) is 0 Å². The van der Waals surface area contributed by atoms with Gasteiger partial charge in [0.05, 0.1) is 30.0 Å². The molecule has 1 aliphatic rings. The minimum atomic E-state index is -4.05. The number of nitrogens with zero attached hydrogens (tertiary/aromatic N) is 3. The van der Waals surface area contributed by atoms with Crippen LogP contribution in [-0.2, 0) is 14.8 Å². The molecule has 0 spiro atoms. The van der Waals surface area contributed by atoms with Gasteiger partial charge in [-0.25, -0.2) is 17.2 Å². The Kier molecular flexibility index (Phi) is 6.15. The normalized spacial score (nSPS) is 15.5. The van der Waals surface area contributed by atoms with Gasteiger partial charge in [0.1, 0.15) is 4.90 Å². The van der Waals surface area contributed by atoms with E-state index in [2.05, 4.69) is 10.5 Å². The van der Waals surface area contributed by atoms with Crippen LogP contribution in [0.4, 0.5) is 20.2 Å². The van der Waals surface area contributed by atoms with Crippen molar-refractivity contribution in [2.24, 2.45) is 5.10 Å². The summed E-state index contributed by atoms with van der Waals surface area (Å²) in [5, 5.41) is 14.9. The molecule has 1 fully saturated rings. The number of benzene rings is 2. The molecule has 0 atom stereocenters. The molecule has 29 heavy (non-hydrogen) atoms. The Morgan fingerprint density at radius 1 is 1.14 bits per heavy atom. The van der Waals surface area contributed by atoms with Gasteiger partial charge in [-0.2, -0.15) is 9.41 Å². The van der Waals surface area contributed by atoms with Crippen LogP contribution in [-0.4, -0.2) is 50.2 Å². The van der Waals surface area contributed by atoms with Gasteiger partial charge in [0, 0.05) is 25.2 Å². The molecule has 154 valence electrons. The summed E-state index contributed by atoms with van der Waals surface area (Å²) in [6.45, 7) is 0.654. The molecule has 9 nitrogen and oxygen atoms in total. The smallest absolute Gasteiger partial charge is 0.270 e. The number of morpholine rings is 1. The minimum absolute atomic E-state index is 0.000857. The van der Waals surface area contributed by atoms with Crippen molar-refractivity contribution in [1.82, 2.24) is 4.31 Å². The molecule has 1 saturated heterocycles. The average Bonchev–Trinajstić information content (AvgIpc) is 2.71. The fraction of sp³-hybridized carbons (Fsp3) is 0.235. The quantitative estimate of drug-likeness (QED) is 0.431. The van der Waals surface area contributed by atoms with Crippen molar-refractivity contribution in [3.8, 4) is 0 Å². The monoisotopic (exact) mass is 426 g/mol. The molecule has 1 aliphatic heterocycles. The first-order valence-corrected chi connectivity index (χ1v) is 9.83. The fourth-order valence-electron chi connectivity index (χ4n) is 2.63. The maximum absolute atomic E-state index is 13.3. The predicted molar refractivity (Wildman–Crippen MR) is 100 cm³/mol. The second-order valence-electron chi connectivity index (χ2n) is 6.00. The molecular formula is C17H16F2N4O5S. The van der Waals surface area contributed by atoms with Crippen LogP contribution in [0.2, 0.25) is 0 Å². The molecule has 3 rings (SSSR count). The van der Waals surface area contributed by atoms with Crippen LogP contribution in [0.25, 0.3) is 0 Å². The van der Waals surface area contributed by atoms with E-state index >= 15 is 0 Å². The molecular weight excluding hydrogens is 410 g/mol. The number of nitro benzene ring substituents is 1. The first-order valence-electron chi connectivity index (χ1n) is 8.39. The summed E-state index contributed by atoms with van der Waals surface area (Å²) >= 11 is 0. The van der Waals surface area contributed by atoms with E-state index in [1.807, 2.05) is 0 Å². The van der Waals surface area contributed by atoms with Crippen LogP contribution in [0.1, 0.15) is 5.56 Å². The minimum Gasteiger partial charge on any atom is -0.379 e. The molecule has 2 aromatic rings. The third-order valence-electron chi connectivity index (χ3n) is 4.11. The lowest BCUT2D eigenvalue weighted by Crippen LogP contribution is -2.40. The topological polar surface area (TPSA) is 114 Å². The maximum Gasteiger partial charge on any atom is 0.270 e.